The lowest BCUT2D eigenvalue weighted by atomic mass is 10.1. The number of nitrogens with one attached hydrogen (secondary N) is 2. The number of aliphatic carboxylic acids is 1. The van der Waals surface area contributed by atoms with E-state index in [1.807, 2.05) is 0 Å². The van der Waals surface area contributed by atoms with Gasteiger partial charge in [-0.3, -0.25) is 4.79 Å². The van der Waals surface area contributed by atoms with Crippen LogP contribution in [0.3, 0.4) is 0 Å². The number of carboxylic acids is 1. The number of rotatable bonds is 6. The first kappa shape index (κ1) is 13.1. The first-order chi connectivity index (χ1) is 8.04. The minimum absolute atomic E-state index is 0.0444. The molecule has 17 heavy (non-hydrogen) atoms. The Morgan fingerprint density at radius 3 is 2.76 bits per heavy atom. The number of nitrogens with two attached hydrogens (primary N) is 1. The van der Waals surface area contributed by atoms with Crippen LogP contribution in [0.5, 0.6) is 0 Å². The summed E-state index contributed by atoms with van der Waals surface area (Å²) in [5.41, 5.74) is 5.77. The third kappa shape index (κ3) is 3.85. The summed E-state index contributed by atoms with van der Waals surface area (Å²) in [7, 11) is 0. The molecular weight excluding hydrogens is 228 g/mol. The summed E-state index contributed by atoms with van der Waals surface area (Å²) in [5.74, 6) is -1.90. The molecule has 1 heterocycles. The largest absolute Gasteiger partial charge is 0.480 e. The van der Waals surface area contributed by atoms with Crippen LogP contribution < -0.4 is 11.1 Å². The Kier molecular flexibility index (Phi) is 4.61. The molecule has 1 aromatic rings. The highest BCUT2D eigenvalue weighted by atomic mass is 16.4. The van der Waals surface area contributed by atoms with Crippen LogP contribution in [0.25, 0.3) is 0 Å². The van der Waals surface area contributed by atoms with E-state index in [2.05, 4.69) is 15.3 Å². The van der Waals surface area contributed by atoms with Crippen molar-refractivity contribution in [3.63, 3.8) is 0 Å². The summed E-state index contributed by atoms with van der Waals surface area (Å²) in [6, 6.07) is -2.25. The van der Waals surface area contributed by atoms with Gasteiger partial charge in [-0.15, -0.1) is 0 Å². The summed E-state index contributed by atoms with van der Waals surface area (Å²) in [4.78, 5) is 28.8. The zero-order valence-electron chi connectivity index (χ0n) is 8.96. The fourth-order valence-corrected chi connectivity index (χ4v) is 1.17. The van der Waals surface area contributed by atoms with Gasteiger partial charge >= 0.3 is 5.97 Å². The fraction of sp³-hybridized carbons (Fsp3) is 0.444. The monoisotopic (exact) mass is 242 g/mol. The smallest absolute Gasteiger partial charge is 0.326 e. The van der Waals surface area contributed by atoms with Crippen LogP contribution in [-0.4, -0.2) is 50.7 Å². The number of aromatic nitrogens is 2. The van der Waals surface area contributed by atoms with Crippen molar-refractivity contribution in [3.8, 4) is 0 Å². The van der Waals surface area contributed by atoms with Gasteiger partial charge in [0.25, 0.3) is 0 Å². The molecule has 2 unspecified atom stereocenters. The second-order valence-corrected chi connectivity index (χ2v) is 3.45. The van der Waals surface area contributed by atoms with Gasteiger partial charge in [0.05, 0.1) is 18.6 Å². The normalized spacial score (nSPS) is 14.0. The van der Waals surface area contributed by atoms with Crippen molar-refractivity contribution >= 4 is 11.9 Å². The Morgan fingerprint density at radius 1 is 1.59 bits per heavy atom. The number of aromatic amines is 1. The number of imidazole rings is 1. The van der Waals surface area contributed by atoms with Crippen molar-refractivity contribution in [1.82, 2.24) is 15.3 Å². The second-order valence-electron chi connectivity index (χ2n) is 3.45. The standard InChI is InChI=1S/C9H14N4O4/c10-6(3-14)8(15)13-7(9(16)17)1-5-2-11-4-12-5/h2,4,6-7,14H,1,3,10H2,(H,11,12)(H,13,15)(H,16,17). The van der Waals surface area contributed by atoms with Crippen molar-refractivity contribution < 1.29 is 19.8 Å². The zero-order valence-corrected chi connectivity index (χ0v) is 8.96. The number of aliphatic hydroxyl groups is 1. The maximum Gasteiger partial charge on any atom is 0.326 e. The first-order valence-electron chi connectivity index (χ1n) is 4.92. The molecule has 0 radical (unpaired) electrons. The molecule has 8 heteroatoms. The molecule has 1 aromatic heterocycles. The molecule has 1 rings (SSSR count). The van der Waals surface area contributed by atoms with Crippen molar-refractivity contribution in [2.45, 2.75) is 18.5 Å². The summed E-state index contributed by atoms with van der Waals surface area (Å²) in [6.45, 7) is -0.541. The van der Waals surface area contributed by atoms with Gasteiger partial charge in [-0.1, -0.05) is 0 Å². The van der Waals surface area contributed by atoms with Gasteiger partial charge in [-0.25, -0.2) is 9.78 Å². The second kappa shape index (κ2) is 5.97. The molecule has 6 N–H and O–H groups in total. The SMILES string of the molecule is NC(CO)C(=O)NC(Cc1c[nH]cn1)C(=O)O. The van der Waals surface area contributed by atoms with Crippen LogP contribution in [0.2, 0.25) is 0 Å². The van der Waals surface area contributed by atoms with Gasteiger partial charge in [0.2, 0.25) is 5.91 Å². The molecule has 0 aliphatic carbocycles. The summed E-state index contributed by atoms with van der Waals surface area (Å²) >= 11 is 0. The van der Waals surface area contributed by atoms with E-state index >= 15 is 0 Å². The molecule has 1 amide bonds. The highest BCUT2D eigenvalue weighted by Crippen LogP contribution is 1.99. The number of hydrogen-bond donors (Lipinski definition) is 5. The Balaban J connectivity index is 2.61. The number of amides is 1. The van der Waals surface area contributed by atoms with Crippen molar-refractivity contribution in [2.75, 3.05) is 6.61 Å². The van der Waals surface area contributed by atoms with E-state index < -0.39 is 30.6 Å². The van der Waals surface area contributed by atoms with Crippen LogP contribution in [0.1, 0.15) is 5.69 Å². The average Bonchev–Trinajstić information content (AvgIpc) is 2.79. The van der Waals surface area contributed by atoms with Gasteiger partial charge < -0.3 is 26.2 Å². The van der Waals surface area contributed by atoms with Crippen molar-refractivity contribution in [1.29, 1.82) is 0 Å². The molecule has 0 saturated heterocycles. The fourth-order valence-electron chi connectivity index (χ4n) is 1.17. The third-order valence-electron chi connectivity index (χ3n) is 2.12. The van der Waals surface area contributed by atoms with Gasteiger partial charge in [0, 0.05) is 12.6 Å². The summed E-state index contributed by atoms with van der Waals surface area (Å²) in [6.07, 6.45) is 2.99. The maximum absolute atomic E-state index is 11.3. The van der Waals surface area contributed by atoms with Gasteiger partial charge in [-0.05, 0) is 0 Å². The number of carboxylic acid groups (broad SMARTS) is 1. The highest BCUT2D eigenvalue weighted by Gasteiger charge is 2.23. The topological polar surface area (TPSA) is 141 Å². The Hall–Kier alpha value is -1.93. The zero-order chi connectivity index (χ0) is 12.8. The van der Waals surface area contributed by atoms with Crippen LogP contribution in [0.4, 0.5) is 0 Å². The Bertz CT molecular complexity index is 378. The molecule has 0 aromatic carbocycles. The predicted octanol–water partition coefficient (Wildman–Crippen LogP) is -2.16. The number of carbonyl (C=O) groups excluding carboxylic acids is 1. The van der Waals surface area contributed by atoms with Gasteiger partial charge in [-0.2, -0.15) is 0 Å². The quantitative estimate of drug-likeness (QED) is 0.385. The Labute approximate surface area is 96.9 Å². The van der Waals surface area contributed by atoms with Crippen LogP contribution in [-0.2, 0) is 16.0 Å². The van der Waals surface area contributed by atoms with Crippen molar-refractivity contribution in [3.05, 3.63) is 18.2 Å². The molecule has 2 atom stereocenters. The van der Waals surface area contributed by atoms with E-state index in [9.17, 15) is 9.59 Å². The third-order valence-corrected chi connectivity index (χ3v) is 2.12. The van der Waals surface area contributed by atoms with E-state index in [4.69, 9.17) is 15.9 Å². The molecule has 0 aliphatic heterocycles. The number of hydrogen-bond acceptors (Lipinski definition) is 5. The lowest BCUT2D eigenvalue weighted by molar-refractivity contribution is -0.142. The average molecular weight is 242 g/mol. The lowest BCUT2D eigenvalue weighted by Crippen LogP contribution is -2.50. The minimum atomic E-state index is -1.19. The molecule has 94 valence electrons. The van der Waals surface area contributed by atoms with Gasteiger partial charge in [0.15, 0.2) is 0 Å². The van der Waals surface area contributed by atoms with E-state index in [1.54, 1.807) is 0 Å². The number of aliphatic hydroxyl groups excluding tert-OH is 1. The summed E-state index contributed by atoms with van der Waals surface area (Å²) in [5, 5.41) is 19.8. The van der Waals surface area contributed by atoms with E-state index in [0.29, 0.717) is 5.69 Å². The predicted molar refractivity (Wildman–Crippen MR) is 56.9 cm³/mol. The highest BCUT2D eigenvalue weighted by molar-refractivity contribution is 5.86. The Morgan fingerprint density at radius 2 is 2.29 bits per heavy atom. The van der Waals surface area contributed by atoms with E-state index in [0.717, 1.165) is 0 Å². The van der Waals surface area contributed by atoms with E-state index in [-0.39, 0.29) is 6.42 Å². The number of nitrogens with zero attached hydrogens (tertiary/aromatic N) is 1. The number of carbonyl (C=O) groups is 2. The molecule has 0 bridgehead atoms. The lowest BCUT2D eigenvalue weighted by Gasteiger charge is -2.15. The molecule has 0 saturated carbocycles. The maximum atomic E-state index is 11.3. The summed E-state index contributed by atoms with van der Waals surface area (Å²) < 4.78 is 0. The first-order valence-corrected chi connectivity index (χ1v) is 4.92. The van der Waals surface area contributed by atoms with Crippen molar-refractivity contribution in [2.24, 2.45) is 5.73 Å². The molecule has 8 nitrogen and oxygen atoms in total. The molecule has 0 aliphatic rings. The minimum Gasteiger partial charge on any atom is -0.480 e. The van der Waals surface area contributed by atoms with Crippen LogP contribution in [0, 0.1) is 0 Å². The molecule has 0 fully saturated rings. The van der Waals surface area contributed by atoms with E-state index in [1.165, 1.54) is 12.5 Å². The van der Waals surface area contributed by atoms with Crippen LogP contribution >= 0.6 is 0 Å². The molecular formula is C9H14N4O4. The number of H-pyrrole nitrogens is 1. The van der Waals surface area contributed by atoms with Crippen LogP contribution in [0.15, 0.2) is 12.5 Å². The van der Waals surface area contributed by atoms with Gasteiger partial charge in [0.1, 0.15) is 12.1 Å². The molecule has 0 spiro atoms.